The molecule has 1 N–H and O–H groups in total. The molecule has 1 aromatic carbocycles. The maximum atomic E-state index is 14.3. The van der Waals surface area contributed by atoms with E-state index in [0.29, 0.717) is 4.47 Å². The van der Waals surface area contributed by atoms with Gasteiger partial charge in [-0.15, -0.1) is 0 Å². The minimum atomic E-state index is -4.76. The molecular formula is C12H16BrF2O4P. The van der Waals surface area contributed by atoms with E-state index in [1.54, 1.807) is 6.07 Å². The molecule has 1 atom stereocenters. The van der Waals surface area contributed by atoms with Crippen LogP contribution < -0.4 is 0 Å². The van der Waals surface area contributed by atoms with Crippen molar-refractivity contribution in [2.24, 2.45) is 0 Å². The van der Waals surface area contributed by atoms with Crippen molar-refractivity contribution in [1.29, 1.82) is 0 Å². The highest BCUT2D eigenvalue weighted by molar-refractivity contribution is 9.10. The highest BCUT2D eigenvalue weighted by atomic mass is 79.9. The average molecular weight is 373 g/mol. The molecule has 0 saturated carbocycles. The van der Waals surface area contributed by atoms with Gasteiger partial charge in [0.15, 0.2) is 6.10 Å². The van der Waals surface area contributed by atoms with Crippen LogP contribution in [0.25, 0.3) is 0 Å². The number of hydrogen-bond donors (Lipinski definition) is 1. The summed E-state index contributed by atoms with van der Waals surface area (Å²) in [6.45, 7) is 2.43. The summed E-state index contributed by atoms with van der Waals surface area (Å²) in [5.74, 6) is 0. The molecule has 0 aliphatic carbocycles. The highest BCUT2D eigenvalue weighted by Gasteiger charge is 2.59. The molecule has 0 unspecified atom stereocenters. The maximum absolute atomic E-state index is 14.3. The summed E-state index contributed by atoms with van der Waals surface area (Å²) in [7, 11) is -4.76. The Morgan fingerprint density at radius 3 is 2.35 bits per heavy atom. The largest absolute Gasteiger partial charge is 0.402 e. The van der Waals surface area contributed by atoms with Gasteiger partial charge in [-0.1, -0.05) is 28.1 Å². The second kappa shape index (κ2) is 7.09. The van der Waals surface area contributed by atoms with Crippen LogP contribution in [0, 0.1) is 0 Å². The third kappa shape index (κ3) is 3.65. The molecule has 0 aliphatic rings. The Hall–Kier alpha value is -0.330. The normalized spacial score (nSPS) is 14.3. The van der Waals surface area contributed by atoms with Crippen molar-refractivity contribution in [3.05, 3.63) is 34.3 Å². The summed E-state index contributed by atoms with van der Waals surface area (Å²) in [6.07, 6.45) is -2.29. The number of aliphatic hydroxyl groups is 1. The fraction of sp³-hybridized carbons (Fsp3) is 0.500. The predicted molar refractivity (Wildman–Crippen MR) is 74.9 cm³/mol. The third-order valence-corrected chi connectivity index (χ3v) is 5.12. The summed E-state index contributed by atoms with van der Waals surface area (Å²) in [4.78, 5) is 0. The van der Waals surface area contributed by atoms with Crippen molar-refractivity contribution in [2.45, 2.75) is 25.6 Å². The lowest BCUT2D eigenvalue weighted by Crippen LogP contribution is -2.28. The van der Waals surface area contributed by atoms with E-state index in [1.807, 2.05) is 0 Å². The van der Waals surface area contributed by atoms with Crippen LogP contribution in [0.15, 0.2) is 28.7 Å². The first-order valence-electron chi connectivity index (χ1n) is 5.99. The topological polar surface area (TPSA) is 55.8 Å². The fourth-order valence-electron chi connectivity index (χ4n) is 1.58. The van der Waals surface area contributed by atoms with Crippen LogP contribution in [0.1, 0.15) is 25.5 Å². The van der Waals surface area contributed by atoms with Crippen LogP contribution in [0.2, 0.25) is 0 Å². The first-order chi connectivity index (χ1) is 9.28. The molecule has 0 heterocycles. The first kappa shape index (κ1) is 17.7. The van der Waals surface area contributed by atoms with E-state index in [-0.39, 0.29) is 18.8 Å². The molecule has 4 nitrogen and oxygen atoms in total. The predicted octanol–water partition coefficient (Wildman–Crippen LogP) is 4.34. The SMILES string of the molecule is CCOP(=O)(OCC)C(F)(F)[C@@H](O)c1cccc(Br)c1. The van der Waals surface area contributed by atoms with Gasteiger partial charge in [0.25, 0.3) is 0 Å². The molecule has 0 amide bonds. The van der Waals surface area contributed by atoms with Crippen LogP contribution in [-0.4, -0.2) is 24.0 Å². The quantitative estimate of drug-likeness (QED) is 0.723. The number of hydrogen-bond acceptors (Lipinski definition) is 4. The number of halogens is 3. The molecule has 0 radical (unpaired) electrons. The monoisotopic (exact) mass is 372 g/mol. The highest BCUT2D eigenvalue weighted by Crippen LogP contribution is 2.66. The zero-order chi connectivity index (χ0) is 15.4. The summed E-state index contributed by atoms with van der Waals surface area (Å²) in [5, 5.41) is 9.86. The van der Waals surface area contributed by atoms with E-state index in [9.17, 15) is 18.5 Å². The zero-order valence-electron chi connectivity index (χ0n) is 11.1. The average Bonchev–Trinajstić information content (AvgIpc) is 2.38. The molecule has 1 aromatic rings. The second-order valence-corrected chi connectivity index (χ2v) is 6.90. The summed E-state index contributed by atoms with van der Waals surface area (Å²) < 4.78 is 50.5. The number of rotatable bonds is 7. The Morgan fingerprint density at radius 2 is 1.90 bits per heavy atom. The van der Waals surface area contributed by atoms with Crippen molar-refractivity contribution < 1.29 is 27.5 Å². The summed E-state index contributed by atoms with van der Waals surface area (Å²) in [5.41, 5.74) is -4.12. The van der Waals surface area contributed by atoms with Gasteiger partial charge in [0.05, 0.1) is 13.2 Å². The van der Waals surface area contributed by atoms with E-state index in [4.69, 9.17) is 0 Å². The van der Waals surface area contributed by atoms with Gasteiger partial charge in [0, 0.05) is 4.47 Å². The fourth-order valence-corrected chi connectivity index (χ4v) is 3.54. The van der Waals surface area contributed by atoms with Gasteiger partial charge in [0.2, 0.25) is 0 Å². The lowest BCUT2D eigenvalue weighted by Gasteiger charge is -2.29. The van der Waals surface area contributed by atoms with Gasteiger partial charge in [-0.25, -0.2) is 0 Å². The molecule has 1 rings (SSSR count). The van der Waals surface area contributed by atoms with Gasteiger partial charge in [0.1, 0.15) is 0 Å². The first-order valence-corrected chi connectivity index (χ1v) is 8.32. The van der Waals surface area contributed by atoms with Gasteiger partial charge < -0.3 is 14.2 Å². The Balaban J connectivity index is 3.15. The van der Waals surface area contributed by atoms with Crippen molar-refractivity contribution in [2.75, 3.05) is 13.2 Å². The van der Waals surface area contributed by atoms with E-state index in [2.05, 4.69) is 25.0 Å². The van der Waals surface area contributed by atoms with Crippen molar-refractivity contribution >= 4 is 23.5 Å². The van der Waals surface area contributed by atoms with Crippen LogP contribution in [0.5, 0.6) is 0 Å². The van der Waals surface area contributed by atoms with Crippen LogP contribution >= 0.6 is 23.5 Å². The molecule has 0 aliphatic heterocycles. The summed E-state index contributed by atoms with van der Waals surface area (Å²) >= 11 is 3.12. The molecule has 20 heavy (non-hydrogen) atoms. The lowest BCUT2D eigenvalue weighted by molar-refractivity contribution is -0.0676. The van der Waals surface area contributed by atoms with E-state index in [1.165, 1.54) is 32.0 Å². The number of alkyl halides is 2. The lowest BCUT2D eigenvalue weighted by atomic mass is 10.1. The second-order valence-electron chi connectivity index (χ2n) is 3.88. The van der Waals surface area contributed by atoms with Crippen molar-refractivity contribution in [3.63, 3.8) is 0 Å². The Morgan fingerprint density at radius 1 is 1.35 bits per heavy atom. The molecule has 0 spiro atoms. The van der Waals surface area contributed by atoms with Crippen molar-refractivity contribution in [1.82, 2.24) is 0 Å². The van der Waals surface area contributed by atoms with Gasteiger partial charge >= 0.3 is 13.3 Å². The van der Waals surface area contributed by atoms with Crippen LogP contribution in [0.3, 0.4) is 0 Å². The van der Waals surface area contributed by atoms with Gasteiger partial charge in [-0.2, -0.15) is 8.78 Å². The van der Waals surface area contributed by atoms with Crippen molar-refractivity contribution in [3.8, 4) is 0 Å². The molecule has 0 bridgehead atoms. The molecular weight excluding hydrogens is 357 g/mol. The van der Waals surface area contributed by atoms with Crippen LogP contribution in [-0.2, 0) is 13.6 Å². The minimum Gasteiger partial charge on any atom is -0.381 e. The molecule has 0 aromatic heterocycles. The zero-order valence-corrected chi connectivity index (χ0v) is 13.5. The van der Waals surface area contributed by atoms with Crippen LogP contribution in [0.4, 0.5) is 8.78 Å². The standard InChI is InChI=1S/C12H16BrF2O4P/c1-3-18-20(17,19-4-2)12(14,15)11(16)9-6-5-7-10(13)8-9/h5-8,11,16H,3-4H2,1-2H3/t11-/m0/s1. The third-order valence-electron chi connectivity index (χ3n) is 2.46. The van der Waals surface area contributed by atoms with Gasteiger partial charge in [-0.05, 0) is 31.5 Å². The molecule has 0 fully saturated rings. The maximum Gasteiger partial charge on any atom is 0.402 e. The summed E-state index contributed by atoms with van der Waals surface area (Å²) in [6, 6.07) is 5.75. The van der Waals surface area contributed by atoms with E-state index < -0.39 is 19.4 Å². The Kier molecular flexibility index (Phi) is 6.28. The molecule has 8 heteroatoms. The van der Waals surface area contributed by atoms with Gasteiger partial charge in [-0.3, -0.25) is 4.57 Å². The molecule has 114 valence electrons. The minimum absolute atomic E-state index is 0.0796. The number of benzene rings is 1. The number of aliphatic hydroxyl groups excluding tert-OH is 1. The Labute approximate surface area is 124 Å². The molecule has 0 saturated heterocycles. The Bertz CT molecular complexity index is 488. The smallest absolute Gasteiger partial charge is 0.381 e. The van der Waals surface area contributed by atoms with E-state index >= 15 is 0 Å². The van der Waals surface area contributed by atoms with E-state index in [0.717, 1.165) is 0 Å².